The number of rotatable bonds is 6. The van der Waals surface area contributed by atoms with Gasteiger partial charge in [0.05, 0.1) is 11.6 Å². The molecule has 24 heavy (non-hydrogen) atoms. The second-order valence-electron chi connectivity index (χ2n) is 6.09. The van der Waals surface area contributed by atoms with E-state index in [9.17, 15) is 4.79 Å². The fourth-order valence-electron chi connectivity index (χ4n) is 3.02. The lowest BCUT2D eigenvalue weighted by atomic mass is 10.1. The Bertz CT molecular complexity index is 559. The molecule has 134 valence electrons. The number of halogens is 2. The molecule has 0 spiro atoms. The second kappa shape index (κ2) is 8.90. The first kappa shape index (κ1) is 19.3. The minimum absolute atomic E-state index is 0.0289. The highest BCUT2D eigenvalue weighted by molar-refractivity contribution is 6.35. The lowest BCUT2D eigenvalue weighted by Crippen LogP contribution is -2.59. The van der Waals surface area contributed by atoms with E-state index in [4.69, 9.17) is 32.7 Å². The number of carbonyl (C=O) groups is 1. The van der Waals surface area contributed by atoms with Crippen molar-refractivity contribution in [3.05, 3.63) is 28.2 Å². The highest BCUT2D eigenvalue weighted by Crippen LogP contribution is 2.27. The number of nitrogens with zero attached hydrogens (tertiary/aromatic N) is 2. The fraction of sp³-hybridized carbons (Fsp3) is 0.588. The zero-order valence-electron chi connectivity index (χ0n) is 14.3. The van der Waals surface area contributed by atoms with Gasteiger partial charge in [-0.25, -0.2) is 0 Å². The van der Waals surface area contributed by atoms with Crippen molar-refractivity contribution >= 4 is 29.1 Å². The highest BCUT2D eigenvalue weighted by Gasteiger charge is 2.31. The molecule has 1 aliphatic rings. The highest BCUT2D eigenvalue weighted by atomic mass is 35.5. The summed E-state index contributed by atoms with van der Waals surface area (Å²) < 4.78 is 10.7. The van der Waals surface area contributed by atoms with Crippen LogP contribution >= 0.6 is 23.2 Å². The van der Waals surface area contributed by atoms with Gasteiger partial charge in [0.15, 0.2) is 6.61 Å². The molecule has 0 aromatic heterocycles. The predicted octanol–water partition coefficient (Wildman–Crippen LogP) is 2.94. The molecule has 1 amide bonds. The van der Waals surface area contributed by atoms with Crippen molar-refractivity contribution in [3.8, 4) is 5.75 Å². The topological polar surface area (TPSA) is 42.0 Å². The molecule has 1 aliphatic heterocycles. The van der Waals surface area contributed by atoms with Crippen LogP contribution in [0.3, 0.4) is 0 Å². The van der Waals surface area contributed by atoms with Crippen LogP contribution in [0.2, 0.25) is 10.0 Å². The number of hydrogen-bond donors (Lipinski definition) is 0. The Labute approximate surface area is 153 Å². The molecule has 0 saturated carbocycles. The maximum atomic E-state index is 12.5. The fourth-order valence-corrected chi connectivity index (χ4v) is 3.48. The molecule has 1 saturated heterocycles. The molecule has 1 heterocycles. The van der Waals surface area contributed by atoms with E-state index in [2.05, 4.69) is 18.7 Å². The Kier molecular flexibility index (Phi) is 7.16. The third kappa shape index (κ3) is 4.99. The first-order valence-electron chi connectivity index (χ1n) is 8.02. The third-order valence-corrected chi connectivity index (χ3v) is 4.78. The maximum absolute atomic E-state index is 12.5. The van der Waals surface area contributed by atoms with Crippen molar-refractivity contribution in [3.63, 3.8) is 0 Å². The number of methoxy groups -OCH3 is 1. The summed E-state index contributed by atoms with van der Waals surface area (Å²) in [6, 6.07) is 5.53. The van der Waals surface area contributed by atoms with Gasteiger partial charge in [-0.3, -0.25) is 9.69 Å². The summed E-state index contributed by atoms with van der Waals surface area (Å²) in [6.45, 7) is 7.16. The number of benzene rings is 1. The van der Waals surface area contributed by atoms with Gasteiger partial charge in [0.1, 0.15) is 5.75 Å². The Morgan fingerprint density at radius 2 is 1.92 bits per heavy atom. The Morgan fingerprint density at radius 3 is 2.50 bits per heavy atom. The van der Waals surface area contributed by atoms with Crippen LogP contribution in [0.1, 0.15) is 13.8 Å². The average molecular weight is 375 g/mol. The molecule has 2 rings (SSSR count). The van der Waals surface area contributed by atoms with Crippen LogP contribution in [0.25, 0.3) is 0 Å². The van der Waals surface area contributed by atoms with Gasteiger partial charge in [-0.1, -0.05) is 23.2 Å². The SMILES string of the molecule is COCCN1C(C)CN(C(=O)COc2ccc(Cl)cc2Cl)CC1C. The quantitative estimate of drug-likeness (QED) is 0.767. The van der Waals surface area contributed by atoms with Crippen molar-refractivity contribution in [1.29, 1.82) is 0 Å². The van der Waals surface area contributed by atoms with Crippen LogP contribution in [0, 0.1) is 0 Å². The summed E-state index contributed by atoms with van der Waals surface area (Å²) in [7, 11) is 1.70. The first-order valence-corrected chi connectivity index (χ1v) is 8.78. The van der Waals surface area contributed by atoms with Gasteiger partial charge in [0.2, 0.25) is 0 Å². The summed E-state index contributed by atoms with van der Waals surface area (Å²) >= 11 is 11.9. The lowest BCUT2D eigenvalue weighted by molar-refractivity contribution is -0.137. The van der Waals surface area contributed by atoms with E-state index in [1.165, 1.54) is 0 Å². The molecule has 2 unspecified atom stereocenters. The van der Waals surface area contributed by atoms with Crippen molar-refractivity contribution in [2.45, 2.75) is 25.9 Å². The van der Waals surface area contributed by atoms with E-state index in [-0.39, 0.29) is 24.6 Å². The van der Waals surface area contributed by atoms with Crippen molar-refractivity contribution < 1.29 is 14.3 Å². The van der Waals surface area contributed by atoms with Gasteiger partial charge in [-0.05, 0) is 32.0 Å². The maximum Gasteiger partial charge on any atom is 0.260 e. The largest absolute Gasteiger partial charge is 0.482 e. The molecular formula is C17H24Cl2N2O3. The lowest BCUT2D eigenvalue weighted by Gasteiger charge is -2.44. The Hall–Kier alpha value is -1.01. The van der Waals surface area contributed by atoms with Crippen molar-refractivity contribution in [2.24, 2.45) is 0 Å². The smallest absolute Gasteiger partial charge is 0.260 e. The molecule has 0 N–H and O–H groups in total. The number of ether oxygens (including phenoxy) is 2. The molecule has 5 nitrogen and oxygen atoms in total. The van der Waals surface area contributed by atoms with E-state index in [1.807, 2.05) is 4.90 Å². The van der Waals surface area contributed by atoms with Gasteiger partial charge >= 0.3 is 0 Å². The summed E-state index contributed by atoms with van der Waals surface area (Å²) in [4.78, 5) is 16.7. The molecule has 0 bridgehead atoms. The summed E-state index contributed by atoms with van der Waals surface area (Å²) in [5.41, 5.74) is 0. The van der Waals surface area contributed by atoms with E-state index in [0.717, 1.165) is 6.54 Å². The second-order valence-corrected chi connectivity index (χ2v) is 6.93. The third-order valence-electron chi connectivity index (χ3n) is 4.25. The number of carbonyl (C=O) groups excluding carboxylic acids is 1. The van der Waals surface area contributed by atoms with Gasteiger partial charge in [-0.15, -0.1) is 0 Å². The van der Waals surface area contributed by atoms with Gasteiger partial charge in [0.25, 0.3) is 5.91 Å². The van der Waals surface area contributed by atoms with Crippen LogP contribution in [0.15, 0.2) is 18.2 Å². The summed E-state index contributed by atoms with van der Waals surface area (Å²) in [5.74, 6) is 0.431. The molecule has 0 aliphatic carbocycles. The summed E-state index contributed by atoms with van der Waals surface area (Å²) in [6.07, 6.45) is 0. The van der Waals surface area contributed by atoms with Crippen LogP contribution in [-0.2, 0) is 9.53 Å². The zero-order chi connectivity index (χ0) is 17.7. The normalized spacial score (nSPS) is 21.8. The standard InChI is InChI=1S/C17H24Cl2N2O3/c1-12-9-20(10-13(2)21(12)6-7-23-3)17(22)11-24-16-5-4-14(18)8-15(16)19/h4-5,8,12-13H,6-7,9-11H2,1-3H3. The monoisotopic (exact) mass is 374 g/mol. The minimum Gasteiger partial charge on any atom is -0.482 e. The van der Waals surface area contributed by atoms with Gasteiger partial charge in [0, 0.05) is 43.9 Å². The molecule has 7 heteroatoms. The predicted molar refractivity (Wildman–Crippen MR) is 96.0 cm³/mol. The Balaban J connectivity index is 1.89. The van der Waals surface area contributed by atoms with Crippen LogP contribution in [0.4, 0.5) is 0 Å². The number of piperazine rings is 1. The van der Waals surface area contributed by atoms with Crippen LogP contribution in [0.5, 0.6) is 5.75 Å². The zero-order valence-corrected chi connectivity index (χ0v) is 15.8. The van der Waals surface area contributed by atoms with Crippen LogP contribution in [-0.4, -0.2) is 67.7 Å². The first-order chi connectivity index (χ1) is 11.4. The van der Waals surface area contributed by atoms with E-state index < -0.39 is 0 Å². The van der Waals surface area contributed by atoms with Crippen LogP contribution < -0.4 is 4.74 Å². The van der Waals surface area contributed by atoms with E-state index in [1.54, 1.807) is 25.3 Å². The van der Waals surface area contributed by atoms with Gasteiger partial charge in [-0.2, -0.15) is 0 Å². The molecule has 1 aromatic rings. The number of hydrogen-bond acceptors (Lipinski definition) is 4. The minimum atomic E-state index is -0.0360. The molecule has 1 fully saturated rings. The van der Waals surface area contributed by atoms with Crippen molar-refractivity contribution in [2.75, 3.05) is 40.0 Å². The molecule has 0 radical (unpaired) electrons. The average Bonchev–Trinajstić information content (AvgIpc) is 2.53. The van der Waals surface area contributed by atoms with E-state index >= 15 is 0 Å². The Morgan fingerprint density at radius 1 is 1.25 bits per heavy atom. The summed E-state index contributed by atoms with van der Waals surface area (Å²) in [5, 5.41) is 0.940. The van der Waals surface area contributed by atoms with Gasteiger partial charge < -0.3 is 14.4 Å². The molecular weight excluding hydrogens is 351 g/mol. The molecule has 1 aromatic carbocycles. The number of amides is 1. The van der Waals surface area contributed by atoms with E-state index in [0.29, 0.717) is 35.5 Å². The molecule has 2 atom stereocenters. The van der Waals surface area contributed by atoms with Crippen molar-refractivity contribution in [1.82, 2.24) is 9.80 Å².